The number of aliphatic carboxylic acids is 2. The smallest absolute Gasteiger partial charge is 0.414 e. The van der Waals surface area contributed by atoms with Gasteiger partial charge in [-0.25, -0.2) is 18.0 Å². The van der Waals surface area contributed by atoms with Crippen molar-refractivity contribution in [1.82, 2.24) is 14.5 Å². The number of aryl methyl sites for hydroxylation is 1. The van der Waals surface area contributed by atoms with Gasteiger partial charge in [0.25, 0.3) is 0 Å². The molecule has 0 aromatic heterocycles. The van der Waals surface area contributed by atoms with E-state index in [9.17, 15) is 13.2 Å². The van der Waals surface area contributed by atoms with Crippen LogP contribution in [0.1, 0.15) is 24.8 Å². The third-order valence-corrected chi connectivity index (χ3v) is 6.53. The minimum absolute atomic E-state index is 0.181. The molecule has 1 saturated heterocycles. The molecular formula is C20H32N4O7S. The second kappa shape index (κ2) is 13.1. The molecule has 32 heavy (non-hydrogen) atoms. The van der Waals surface area contributed by atoms with E-state index in [0.717, 1.165) is 31.4 Å². The summed E-state index contributed by atoms with van der Waals surface area (Å²) < 4.78 is 27.2. The summed E-state index contributed by atoms with van der Waals surface area (Å²) in [4.78, 5) is 32.6. The number of carbonyl (C=O) groups excluding carboxylic acids is 1. The van der Waals surface area contributed by atoms with E-state index < -0.39 is 22.0 Å². The summed E-state index contributed by atoms with van der Waals surface area (Å²) in [6, 6.07) is 4.92. The molecule has 0 unspecified atom stereocenters. The number of nitrogens with zero attached hydrogens (tertiary/aromatic N) is 2. The van der Waals surface area contributed by atoms with E-state index in [-0.39, 0.29) is 17.3 Å². The van der Waals surface area contributed by atoms with Crippen molar-refractivity contribution >= 4 is 33.6 Å². The van der Waals surface area contributed by atoms with Gasteiger partial charge in [0.2, 0.25) is 15.9 Å². The summed E-state index contributed by atoms with van der Waals surface area (Å²) in [5.74, 6) is -3.83. The summed E-state index contributed by atoms with van der Waals surface area (Å²) in [6.45, 7) is 4.73. The molecule has 0 atom stereocenters. The van der Waals surface area contributed by atoms with Gasteiger partial charge in [-0.1, -0.05) is 12.5 Å². The molecule has 0 radical (unpaired) electrons. The number of sulfonamides is 1. The number of carboxylic acid groups (broad SMARTS) is 2. The Hall–Kier alpha value is -2.54. The summed E-state index contributed by atoms with van der Waals surface area (Å²) in [5.41, 5.74) is 1.38. The number of carbonyl (C=O) groups is 3. The van der Waals surface area contributed by atoms with Crippen LogP contribution in [0.25, 0.3) is 0 Å². The van der Waals surface area contributed by atoms with Crippen LogP contribution in [0.4, 0.5) is 5.69 Å². The van der Waals surface area contributed by atoms with Gasteiger partial charge < -0.3 is 25.7 Å². The van der Waals surface area contributed by atoms with Crippen molar-refractivity contribution in [2.45, 2.75) is 31.1 Å². The van der Waals surface area contributed by atoms with Gasteiger partial charge in [0.15, 0.2) is 0 Å². The van der Waals surface area contributed by atoms with Crippen molar-refractivity contribution in [2.24, 2.45) is 0 Å². The first-order valence-corrected chi connectivity index (χ1v) is 11.6. The fourth-order valence-electron chi connectivity index (χ4n) is 2.85. The number of hydrogen-bond donors (Lipinski definition) is 4. The van der Waals surface area contributed by atoms with Gasteiger partial charge in [-0.2, -0.15) is 4.31 Å². The van der Waals surface area contributed by atoms with Crippen molar-refractivity contribution in [2.75, 3.05) is 52.1 Å². The monoisotopic (exact) mass is 472 g/mol. The van der Waals surface area contributed by atoms with Crippen LogP contribution >= 0.6 is 0 Å². The number of hydrogen-bond acceptors (Lipinski definition) is 7. The number of likely N-dealkylation sites (N-methyl/N-ethyl adjacent to an activating group) is 1. The van der Waals surface area contributed by atoms with E-state index >= 15 is 0 Å². The van der Waals surface area contributed by atoms with Crippen LogP contribution < -0.4 is 10.6 Å². The topological polar surface area (TPSA) is 156 Å². The lowest BCUT2D eigenvalue weighted by molar-refractivity contribution is -0.159. The van der Waals surface area contributed by atoms with E-state index in [2.05, 4.69) is 10.6 Å². The van der Waals surface area contributed by atoms with E-state index in [4.69, 9.17) is 19.8 Å². The van der Waals surface area contributed by atoms with Crippen molar-refractivity contribution in [3.8, 4) is 0 Å². The zero-order chi connectivity index (χ0) is 24.3. The average Bonchev–Trinajstić information content (AvgIpc) is 2.73. The largest absolute Gasteiger partial charge is 0.473 e. The lowest BCUT2D eigenvalue weighted by atomic mass is 10.2. The highest BCUT2D eigenvalue weighted by atomic mass is 32.2. The Morgan fingerprint density at radius 3 is 2.19 bits per heavy atom. The molecule has 2 rings (SSSR count). The molecule has 4 N–H and O–H groups in total. The van der Waals surface area contributed by atoms with Gasteiger partial charge in [0.05, 0.1) is 11.4 Å². The third kappa shape index (κ3) is 9.30. The first-order chi connectivity index (χ1) is 14.9. The minimum Gasteiger partial charge on any atom is -0.473 e. The highest BCUT2D eigenvalue weighted by Crippen LogP contribution is 2.25. The van der Waals surface area contributed by atoms with Gasteiger partial charge in [-0.3, -0.25) is 4.79 Å². The quantitative estimate of drug-likeness (QED) is 0.311. The van der Waals surface area contributed by atoms with E-state index in [1.165, 1.54) is 4.31 Å². The van der Waals surface area contributed by atoms with E-state index in [1.807, 2.05) is 25.9 Å². The van der Waals surface area contributed by atoms with Gasteiger partial charge in [0, 0.05) is 31.9 Å². The zero-order valence-electron chi connectivity index (χ0n) is 18.6. The molecule has 1 aromatic carbocycles. The number of rotatable bonds is 8. The Balaban J connectivity index is 0.000000751. The molecule has 0 bridgehead atoms. The van der Waals surface area contributed by atoms with Gasteiger partial charge in [-0.15, -0.1) is 0 Å². The average molecular weight is 473 g/mol. The Labute approximate surface area is 188 Å². The maximum Gasteiger partial charge on any atom is 0.414 e. The Kier molecular flexibility index (Phi) is 11.3. The molecule has 12 heteroatoms. The molecule has 1 aliphatic heterocycles. The molecule has 0 spiro atoms. The molecule has 1 fully saturated rings. The summed E-state index contributed by atoms with van der Waals surface area (Å²) in [7, 11) is 0.437. The van der Waals surface area contributed by atoms with Crippen molar-refractivity contribution in [1.29, 1.82) is 0 Å². The predicted molar refractivity (Wildman–Crippen MR) is 119 cm³/mol. The zero-order valence-corrected chi connectivity index (χ0v) is 19.4. The molecular weight excluding hydrogens is 440 g/mol. The van der Waals surface area contributed by atoms with Crippen molar-refractivity contribution in [3.63, 3.8) is 0 Å². The number of piperidine rings is 1. The molecule has 180 valence electrons. The molecule has 0 saturated carbocycles. The predicted octanol–water partition coefficient (Wildman–Crippen LogP) is 0.415. The maximum absolute atomic E-state index is 12.8. The first kappa shape index (κ1) is 27.5. The highest BCUT2D eigenvalue weighted by Gasteiger charge is 2.26. The molecule has 1 amide bonds. The molecule has 0 aliphatic carbocycles. The van der Waals surface area contributed by atoms with E-state index in [0.29, 0.717) is 25.3 Å². The summed E-state index contributed by atoms with van der Waals surface area (Å²) >= 11 is 0. The molecule has 1 heterocycles. The Bertz CT molecular complexity index is 885. The van der Waals surface area contributed by atoms with Crippen LogP contribution in [0.3, 0.4) is 0 Å². The maximum atomic E-state index is 12.8. The second-order valence-electron chi connectivity index (χ2n) is 7.58. The van der Waals surface area contributed by atoms with E-state index in [1.54, 1.807) is 18.2 Å². The van der Waals surface area contributed by atoms with Crippen molar-refractivity contribution < 1.29 is 33.0 Å². The lowest BCUT2D eigenvalue weighted by Crippen LogP contribution is -2.35. The van der Waals surface area contributed by atoms with Gasteiger partial charge >= 0.3 is 11.9 Å². The number of carboxylic acids is 2. The van der Waals surface area contributed by atoms with Crippen LogP contribution in [-0.4, -0.2) is 92.5 Å². The number of nitrogens with one attached hydrogen (secondary N) is 2. The van der Waals surface area contributed by atoms with Crippen molar-refractivity contribution in [3.05, 3.63) is 23.8 Å². The Morgan fingerprint density at radius 1 is 1.06 bits per heavy atom. The minimum atomic E-state index is -3.51. The highest BCUT2D eigenvalue weighted by molar-refractivity contribution is 7.89. The van der Waals surface area contributed by atoms with Gasteiger partial charge in [-0.05, 0) is 51.6 Å². The van der Waals surface area contributed by atoms with Crippen LogP contribution in [0.2, 0.25) is 0 Å². The molecule has 1 aliphatic rings. The summed E-state index contributed by atoms with van der Waals surface area (Å²) in [6.07, 6.45) is 2.86. The third-order valence-electron chi connectivity index (χ3n) is 4.64. The number of anilines is 1. The summed E-state index contributed by atoms with van der Waals surface area (Å²) in [5, 5.41) is 20.7. The fraction of sp³-hybridized carbons (Fsp3) is 0.550. The lowest BCUT2D eigenvalue weighted by Gasteiger charge is -2.26. The number of amides is 1. The van der Waals surface area contributed by atoms with Crippen LogP contribution in [0.15, 0.2) is 23.1 Å². The van der Waals surface area contributed by atoms with Crippen LogP contribution in [-0.2, 0) is 24.4 Å². The second-order valence-corrected chi connectivity index (χ2v) is 9.52. The van der Waals surface area contributed by atoms with Gasteiger partial charge in [0.1, 0.15) is 0 Å². The Morgan fingerprint density at radius 2 is 1.66 bits per heavy atom. The van der Waals surface area contributed by atoms with Crippen LogP contribution in [0, 0.1) is 6.92 Å². The van der Waals surface area contributed by atoms with Crippen LogP contribution in [0.5, 0.6) is 0 Å². The SMILES string of the molecule is Cc1ccc(S(=O)(=O)N2CCCCC2)cc1NC(=O)CNCCN(C)C.O=C(O)C(=O)O. The fourth-order valence-corrected chi connectivity index (χ4v) is 4.39. The first-order valence-electron chi connectivity index (χ1n) is 10.2. The number of benzene rings is 1. The molecule has 11 nitrogen and oxygen atoms in total. The normalized spacial score (nSPS) is 14.4. The standard InChI is InChI=1S/C18H30N4O3S.C2H2O4/c1-15-7-8-16(26(24,25)22-10-5-4-6-11-22)13-17(15)20-18(23)14-19-9-12-21(2)3;3-1(4)2(5)6/h7-8,13,19H,4-6,9-12,14H2,1-3H3,(H,20,23);(H,3,4)(H,5,6). The molecule has 1 aromatic rings.